The largest absolute Gasteiger partial charge is 0.256 e. The van der Waals surface area contributed by atoms with Gasteiger partial charge in [-0.25, -0.2) is 23.1 Å². The smallest absolute Gasteiger partial charge is 0.243 e. The van der Waals surface area contributed by atoms with Crippen LogP contribution in [0.25, 0.3) is 0 Å². The minimum absolute atomic E-state index is 0.0364. The minimum Gasteiger partial charge on any atom is -0.256 e. The van der Waals surface area contributed by atoms with Gasteiger partial charge >= 0.3 is 0 Å². The molecule has 9 heteroatoms. The second-order valence-corrected chi connectivity index (χ2v) is 5.87. The molecular formula is C10H12ClN5O2S. The predicted molar refractivity (Wildman–Crippen MR) is 69.1 cm³/mol. The molecule has 0 atom stereocenters. The van der Waals surface area contributed by atoms with Gasteiger partial charge in [-0.3, -0.25) is 4.68 Å². The van der Waals surface area contributed by atoms with Gasteiger partial charge in [-0.2, -0.15) is 5.10 Å². The molecule has 19 heavy (non-hydrogen) atoms. The number of hydrogen-bond acceptors (Lipinski definition) is 5. The summed E-state index contributed by atoms with van der Waals surface area (Å²) in [4.78, 5) is 7.70. The van der Waals surface area contributed by atoms with Crippen LogP contribution in [0.2, 0.25) is 5.15 Å². The van der Waals surface area contributed by atoms with E-state index in [0.717, 1.165) is 0 Å². The van der Waals surface area contributed by atoms with Gasteiger partial charge in [-0.05, 0) is 12.1 Å². The Morgan fingerprint density at radius 1 is 1.42 bits per heavy atom. The van der Waals surface area contributed by atoms with Crippen LogP contribution < -0.4 is 4.72 Å². The van der Waals surface area contributed by atoms with Crippen LogP contribution in [0.1, 0.15) is 5.82 Å². The molecule has 0 aliphatic carbocycles. The van der Waals surface area contributed by atoms with E-state index in [2.05, 4.69) is 19.8 Å². The number of sulfonamides is 1. The number of halogens is 1. The summed E-state index contributed by atoms with van der Waals surface area (Å²) < 4.78 is 27.9. The highest BCUT2D eigenvalue weighted by molar-refractivity contribution is 7.89. The molecule has 0 amide bonds. The average Bonchev–Trinajstić information content (AvgIpc) is 2.75. The maximum Gasteiger partial charge on any atom is 0.243 e. The number of nitrogens with one attached hydrogen (secondary N) is 1. The lowest BCUT2D eigenvalue weighted by molar-refractivity contribution is 0.580. The van der Waals surface area contributed by atoms with Gasteiger partial charge in [0.2, 0.25) is 10.0 Å². The van der Waals surface area contributed by atoms with Crippen LogP contribution in [0.3, 0.4) is 0 Å². The normalized spacial score (nSPS) is 11.7. The SMILES string of the molecule is Cn1cnc(CCNS(=O)(=O)c2cccnc2Cl)n1. The summed E-state index contributed by atoms with van der Waals surface area (Å²) >= 11 is 5.75. The van der Waals surface area contributed by atoms with Crippen LogP contribution in [0.15, 0.2) is 29.6 Å². The van der Waals surface area contributed by atoms with Crippen molar-refractivity contribution in [2.45, 2.75) is 11.3 Å². The highest BCUT2D eigenvalue weighted by Crippen LogP contribution is 2.17. The highest BCUT2D eigenvalue weighted by atomic mass is 35.5. The fourth-order valence-electron chi connectivity index (χ4n) is 1.45. The molecule has 2 aromatic rings. The molecule has 1 N–H and O–H groups in total. The molecule has 0 fully saturated rings. The Bertz CT molecular complexity index is 670. The van der Waals surface area contributed by atoms with Crippen molar-refractivity contribution in [2.24, 2.45) is 7.05 Å². The second kappa shape index (κ2) is 5.64. The summed E-state index contributed by atoms with van der Waals surface area (Å²) in [5.74, 6) is 0.572. The molecule has 0 aliphatic rings. The lowest BCUT2D eigenvalue weighted by Gasteiger charge is -2.06. The summed E-state index contributed by atoms with van der Waals surface area (Å²) in [6, 6.07) is 2.91. The molecule has 0 unspecified atom stereocenters. The first-order chi connectivity index (χ1) is 8.99. The standard InChI is InChI=1S/C10H12ClN5O2S/c1-16-7-13-9(15-16)4-6-14-19(17,18)8-3-2-5-12-10(8)11/h2-3,5,7,14H,4,6H2,1H3. The van der Waals surface area contributed by atoms with Crippen LogP contribution in [-0.2, 0) is 23.5 Å². The fraction of sp³-hybridized carbons (Fsp3) is 0.300. The molecule has 0 bridgehead atoms. The topological polar surface area (TPSA) is 89.8 Å². The molecule has 7 nitrogen and oxygen atoms in total. The third-order valence-corrected chi connectivity index (χ3v) is 4.21. The monoisotopic (exact) mass is 301 g/mol. The number of rotatable bonds is 5. The number of nitrogens with zero attached hydrogens (tertiary/aromatic N) is 4. The molecule has 2 heterocycles. The Kier molecular flexibility index (Phi) is 4.13. The van der Waals surface area contributed by atoms with Gasteiger partial charge < -0.3 is 0 Å². The van der Waals surface area contributed by atoms with E-state index in [1.54, 1.807) is 18.1 Å². The first-order valence-corrected chi connectivity index (χ1v) is 7.30. The van der Waals surface area contributed by atoms with Gasteiger partial charge in [-0.15, -0.1) is 0 Å². The van der Waals surface area contributed by atoms with Crippen LogP contribution in [0.5, 0.6) is 0 Å². The van der Waals surface area contributed by atoms with Gasteiger partial charge in [-0.1, -0.05) is 11.6 Å². The maximum absolute atomic E-state index is 12.0. The van der Waals surface area contributed by atoms with Crippen LogP contribution >= 0.6 is 11.6 Å². The average molecular weight is 302 g/mol. The van der Waals surface area contributed by atoms with Gasteiger partial charge in [0.05, 0.1) is 0 Å². The molecule has 0 spiro atoms. The van der Waals surface area contributed by atoms with Crippen LogP contribution in [0, 0.1) is 0 Å². The van der Waals surface area contributed by atoms with Gasteiger partial charge in [0.25, 0.3) is 0 Å². The lowest BCUT2D eigenvalue weighted by atomic mass is 10.4. The van der Waals surface area contributed by atoms with Crippen molar-refractivity contribution < 1.29 is 8.42 Å². The molecular weight excluding hydrogens is 290 g/mol. The Morgan fingerprint density at radius 3 is 2.84 bits per heavy atom. The number of hydrogen-bond donors (Lipinski definition) is 1. The summed E-state index contributed by atoms with van der Waals surface area (Å²) in [5, 5.41) is 4.00. The summed E-state index contributed by atoms with van der Waals surface area (Å²) in [6.07, 6.45) is 3.39. The molecule has 0 saturated heterocycles. The molecule has 2 rings (SSSR count). The fourth-order valence-corrected chi connectivity index (χ4v) is 2.93. The van der Waals surface area contributed by atoms with E-state index in [1.165, 1.54) is 18.3 Å². The summed E-state index contributed by atoms with van der Waals surface area (Å²) in [5.41, 5.74) is 0. The van der Waals surface area contributed by atoms with Crippen molar-refractivity contribution in [2.75, 3.05) is 6.54 Å². The van der Waals surface area contributed by atoms with Gasteiger partial charge in [0, 0.05) is 26.2 Å². The molecule has 0 radical (unpaired) electrons. The third-order valence-electron chi connectivity index (χ3n) is 2.30. The Balaban J connectivity index is 2.01. The van der Waals surface area contributed by atoms with Crippen molar-refractivity contribution >= 4 is 21.6 Å². The minimum atomic E-state index is -3.66. The number of pyridine rings is 1. The maximum atomic E-state index is 12.0. The van der Waals surface area contributed by atoms with Crippen molar-refractivity contribution in [3.63, 3.8) is 0 Å². The quantitative estimate of drug-likeness (QED) is 0.807. The highest BCUT2D eigenvalue weighted by Gasteiger charge is 2.17. The van der Waals surface area contributed by atoms with Crippen molar-refractivity contribution in [3.05, 3.63) is 35.6 Å². The Morgan fingerprint density at radius 2 is 2.21 bits per heavy atom. The second-order valence-electron chi connectivity index (χ2n) is 3.77. The van der Waals surface area contributed by atoms with E-state index in [0.29, 0.717) is 12.2 Å². The third kappa shape index (κ3) is 3.49. The van der Waals surface area contributed by atoms with Crippen molar-refractivity contribution in [3.8, 4) is 0 Å². The van der Waals surface area contributed by atoms with E-state index < -0.39 is 10.0 Å². The Labute approximate surface area is 115 Å². The Hall–Kier alpha value is -1.51. The van der Waals surface area contributed by atoms with Crippen LogP contribution in [-0.4, -0.2) is 34.7 Å². The van der Waals surface area contributed by atoms with E-state index in [-0.39, 0.29) is 16.6 Å². The van der Waals surface area contributed by atoms with E-state index in [4.69, 9.17) is 11.6 Å². The first kappa shape index (κ1) is 13.9. The van der Waals surface area contributed by atoms with Gasteiger partial charge in [0.1, 0.15) is 16.4 Å². The summed E-state index contributed by atoms with van der Waals surface area (Å²) in [6.45, 7) is 0.192. The lowest BCUT2D eigenvalue weighted by Crippen LogP contribution is -2.26. The first-order valence-electron chi connectivity index (χ1n) is 5.44. The molecule has 102 valence electrons. The van der Waals surface area contributed by atoms with Crippen molar-refractivity contribution in [1.82, 2.24) is 24.5 Å². The zero-order valence-corrected chi connectivity index (χ0v) is 11.7. The van der Waals surface area contributed by atoms with E-state index in [9.17, 15) is 8.42 Å². The predicted octanol–water partition coefficient (Wildman–Crippen LogP) is 0.384. The van der Waals surface area contributed by atoms with E-state index >= 15 is 0 Å². The number of aromatic nitrogens is 4. The molecule has 2 aromatic heterocycles. The molecule has 0 aliphatic heterocycles. The van der Waals surface area contributed by atoms with Crippen molar-refractivity contribution in [1.29, 1.82) is 0 Å². The molecule has 0 saturated carbocycles. The zero-order chi connectivity index (χ0) is 13.9. The van der Waals surface area contributed by atoms with Crippen LogP contribution in [0.4, 0.5) is 0 Å². The van der Waals surface area contributed by atoms with E-state index in [1.807, 2.05) is 0 Å². The van der Waals surface area contributed by atoms with Gasteiger partial charge in [0.15, 0.2) is 5.82 Å². The summed E-state index contributed by atoms with van der Waals surface area (Å²) in [7, 11) is -1.91. The molecule has 0 aromatic carbocycles. The number of aryl methyl sites for hydroxylation is 1. The zero-order valence-electron chi connectivity index (χ0n) is 10.1.